The highest BCUT2D eigenvalue weighted by Gasteiger charge is 2.43. The van der Waals surface area contributed by atoms with E-state index in [1.165, 1.54) is 4.90 Å². The minimum Gasteiger partial charge on any atom is -0.443 e. The number of hydrogen-bond acceptors (Lipinski definition) is 4. The van der Waals surface area contributed by atoms with Crippen LogP contribution in [-0.2, 0) is 10.3 Å². The average Bonchev–Trinajstić information content (AvgIpc) is 2.36. The van der Waals surface area contributed by atoms with E-state index in [-0.39, 0.29) is 12.5 Å². The van der Waals surface area contributed by atoms with Gasteiger partial charge in [0.1, 0.15) is 11.2 Å². The average molecular weight is 304 g/mol. The smallest absolute Gasteiger partial charge is 0.414 e. The monoisotopic (exact) mass is 304 g/mol. The summed E-state index contributed by atoms with van der Waals surface area (Å²) in [6.07, 6.45) is 1.88. The summed E-state index contributed by atoms with van der Waals surface area (Å²) in [4.78, 5) is 18.1. The van der Waals surface area contributed by atoms with Crippen molar-refractivity contribution in [1.82, 2.24) is 9.88 Å². The van der Waals surface area contributed by atoms with Gasteiger partial charge in [-0.05, 0) is 39.8 Å². The topological polar surface area (TPSA) is 62.7 Å². The number of carbonyl (C=O) groups excluding carboxylic acids is 1. The number of piperidine rings is 1. The van der Waals surface area contributed by atoms with Crippen molar-refractivity contribution < 1.29 is 14.6 Å². The van der Waals surface area contributed by atoms with Crippen LogP contribution in [0.3, 0.4) is 0 Å². The van der Waals surface area contributed by atoms with Crippen LogP contribution in [0.1, 0.15) is 46.2 Å². The summed E-state index contributed by atoms with van der Waals surface area (Å²) >= 11 is 0. The highest BCUT2D eigenvalue weighted by Crippen LogP contribution is 2.39. The Morgan fingerprint density at radius 3 is 2.68 bits per heavy atom. The summed E-state index contributed by atoms with van der Waals surface area (Å²) in [6, 6.07) is 5.22. The predicted octanol–water partition coefficient (Wildman–Crippen LogP) is 3.20. The predicted molar refractivity (Wildman–Crippen MR) is 84.0 cm³/mol. The van der Waals surface area contributed by atoms with Crippen molar-refractivity contribution >= 4 is 6.09 Å². The number of nitrogens with zero attached hydrogens (tertiary/aromatic N) is 2. The van der Waals surface area contributed by atoms with Gasteiger partial charge in [0.2, 0.25) is 0 Å². The molecule has 0 radical (unpaired) electrons. The number of pyridine rings is 1. The fraction of sp³-hybridized carbons (Fsp3) is 0.529. The maximum Gasteiger partial charge on any atom is 0.414 e. The zero-order chi connectivity index (χ0) is 16.5. The lowest BCUT2D eigenvalue weighted by molar-refractivity contribution is -0.0382. The summed E-state index contributed by atoms with van der Waals surface area (Å²) in [7, 11) is 0. The molecule has 22 heavy (non-hydrogen) atoms. The fourth-order valence-corrected chi connectivity index (χ4v) is 2.84. The molecule has 1 N–H and O–H groups in total. The third-order valence-electron chi connectivity index (χ3n) is 3.64. The molecule has 1 aliphatic rings. The molecule has 5 nitrogen and oxygen atoms in total. The van der Waals surface area contributed by atoms with Crippen molar-refractivity contribution in [2.24, 2.45) is 0 Å². The lowest BCUT2D eigenvalue weighted by Crippen LogP contribution is -2.50. The fourth-order valence-electron chi connectivity index (χ4n) is 2.84. The van der Waals surface area contributed by atoms with E-state index in [2.05, 4.69) is 11.6 Å². The minimum absolute atomic E-state index is 0.219. The van der Waals surface area contributed by atoms with Gasteiger partial charge in [-0.1, -0.05) is 12.6 Å². The molecule has 1 saturated heterocycles. The third-order valence-corrected chi connectivity index (χ3v) is 3.64. The quantitative estimate of drug-likeness (QED) is 0.865. The molecule has 0 bridgehead atoms. The van der Waals surface area contributed by atoms with Gasteiger partial charge in [0.15, 0.2) is 0 Å². The number of likely N-dealkylation sites (tertiary alicyclic amines) is 1. The molecule has 2 heterocycles. The maximum absolute atomic E-state index is 12.3. The van der Waals surface area contributed by atoms with Crippen LogP contribution in [0.2, 0.25) is 0 Å². The SMILES string of the molecule is C=C1CC(O)(c2ccccn2)CC(C)N1C(=O)OC(C)(C)C. The van der Waals surface area contributed by atoms with E-state index in [9.17, 15) is 9.90 Å². The standard InChI is InChI=1S/C17H24N2O3/c1-12-10-17(21,14-8-6-7-9-18-14)11-13(2)19(12)15(20)22-16(3,4)5/h6-9,13,21H,1,10-11H2,2-5H3. The molecule has 0 aromatic carbocycles. The Bertz CT molecular complexity index is 565. The van der Waals surface area contributed by atoms with Crippen molar-refractivity contribution in [2.75, 3.05) is 0 Å². The summed E-state index contributed by atoms with van der Waals surface area (Å²) in [6.45, 7) is 11.3. The van der Waals surface area contributed by atoms with E-state index in [0.717, 1.165) is 0 Å². The number of rotatable bonds is 1. The summed E-state index contributed by atoms with van der Waals surface area (Å²) in [5.41, 5.74) is -0.518. The van der Waals surface area contributed by atoms with Crippen LogP contribution < -0.4 is 0 Å². The highest BCUT2D eigenvalue weighted by molar-refractivity contribution is 5.71. The van der Waals surface area contributed by atoms with Crippen LogP contribution in [0, 0.1) is 0 Å². The van der Waals surface area contributed by atoms with Gasteiger partial charge in [-0.25, -0.2) is 4.79 Å². The van der Waals surface area contributed by atoms with Crippen molar-refractivity contribution in [3.63, 3.8) is 0 Å². The second-order valence-electron chi connectivity index (χ2n) is 6.89. The second kappa shape index (κ2) is 5.72. The third kappa shape index (κ3) is 3.47. The zero-order valence-electron chi connectivity index (χ0n) is 13.7. The number of hydrogen-bond donors (Lipinski definition) is 1. The number of aliphatic hydroxyl groups is 1. The number of aromatic nitrogens is 1. The van der Waals surface area contributed by atoms with Crippen LogP contribution >= 0.6 is 0 Å². The molecule has 0 spiro atoms. The van der Waals surface area contributed by atoms with Crippen LogP contribution in [0.15, 0.2) is 36.7 Å². The number of ether oxygens (including phenoxy) is 1. The van der Waals surface area contributed by atoms with E-state index in [4.69, 9.17) is 4.74 Å². The van der Waals surface area contributed by atoms with Crippen molar-refractivity contribution in [2.45, 2.75) is 57.8 Å². The molecule has 5 heteroatoms. The van der Waals surface area contributed by atoms with Crippen molar-refractivity contribution in [3.05, 3.63) is 42.4 Å². The molecule has 2 unspecified atom stereocenters. The maximum atomic E-state index is 12.3. The molecule has 120 valence electrons. The van der Waals surface area contributed by atoms with Gasteiger partial charge >= 0.3 is 6.09 Å². The first kappa shape index (κ1) is 16.5. The second-order valence-corrected chi connectivity index (χ2v) is 6.89. The molecule has 1 aromatic heterocycles. The van der Waals surface area contributed by atoms with E-state index < -0.39 is 17.3 Å². The van der Waals surface area contributed by atoms with E-state index in [0.29, 0.717) is 17.8 Å². The molecular weight excluding hydrogens is 280 g/mol. The Labute approximate surface area is 131 Å². The van der Waals surface area contributed by atoms with Gasteiger partial charge in [-0.2, -0.15) is 0 Å². The van der Waals surface area contributed by atoms with Crippen molar-refractivity contribution in [3.8, 4) is 0 Å². The van der Waals surface area contributed by atoms with Crippen LogP contribution in [-0.4, -0.2) is 32.7 Å². The zero-order valence-corrected chi connectivity index (χ0v) is 13.7. The van der Waals surface area contributed by atoms with E-state index in [1.807, 2.05) is 33.8 Å². The molecule has 0 saturated carbocycles. The Hall–Kier alpha value is -1.88. The lowest BCUT2D eigenvalue weighted by Gasteiger charge is -2.43. The lowest BCUT2D eigenvalue weighted by atomic mass is 9.82. The Balaban J connectivity index is 2.19. The Morgan fingerprint density at radius 2 is 2.18 bits per heavy atom. The normalized spacial score (nSPS) is 26.0. The minimum atomic E-state index is -1.10. The molecular formula is C17H24N2O3. The van der Waals surface area contributed by atoms with Gasteiger partial charge in [-0.15, -0.1) is 0 Å². The molecule has 1 aromatic rings. The summed E-state index contributed by atoms with van der Waals surface area (Å²) in [5.74, 6) is 0. The van der Waals surface area contributed by atoms with E-state index >= 15 is 0 Å². The molecule has 1 aliphatic heterocycles. The van der Waals surface area contributed by atoms with Gasteiger partial charge in [0.05, 0.1) is 5.69 Å². The summed E-state index contributed by atoms with van der Waals surface area (Å²) < 4.78 is 5.42. The van der Waals surface area contributed by atoms with Crippen LogP contribution in [0.4, 0.5) is 4.79 Å². The van der Waals surface area contributed by atoms with Crippen molar-refractivity contribution in [1.29, 1.82) is 0 Å². The Kier molecular flexibility index (Phi) is 4.29. The van der Waals surface area contributed by atoms with Crippen LogP contribution in [0.5, 0.6) is 0 Å². The first-order valence-corrected chi connectivity index (χ1v) is 7.46. The molecule has 1 fully saturated rings. The Morgan fingerprint density at radius 1 is 1.50 bits per heavy atom. The highest BCUT2D eigenvalue weighted by atomic mass is 16.6. The van der Waals surface area contributed by atoms with Gasteiger partial charge in [0.25, 0.3) is 0 Å². The molecule has 2 rings (SSSR count). The summed E-state index contributed by atoms with van der Waals surface area (Å²) in [5, 5.41) is 10.9. The van der Waals surface area contributed by atoms with Gasteiger partial charge < -0.3 is 9.84 Å². The first-order valence-electron chi connectivity index (χ1n) is 7.46. The molecule has 0 aliphatic carbocycles. The first-order chi connectivity index (χ1) is 10.1. The number of amides is 1. The molecule has 2 atom stereocenters. The van der Waals surface area contributed by atoms with Gasteiger partial charge in [0, 0.05) is 30.8 Å². The van der Waals surface area contributed by atoms with Gasteiger partial charge in [-0.3, -0.25) is 9.88 Å². The van der Waals surface area contributed by atoms with E-state index in [1.54, 1.807) is 18.3 Å². The molecule has 1 amide bonds. The largest absolute Gasteiger partial charge is 0.443 e. The van der Waals surface area contributed by atoms with Crippen LogP contribution in [0.25, 0.3) is 0 Å². The number of carbonyl (C=O) groups is 1.